The molecule has 19 heavy (non-hydrogen) atoms. The minimum absolute atomic E-state index is 0.207. The minimum Gasteiger partial charge on any atom is -0.480 e. The lowest BCUT2D eigenvalue weighted by Gasteiger charge is -2.10. The Balaban J connectivity index is 2.30. The summed E-state index contributed by atoms with van der Waals surface area (Å²) in [5.41, 5.74) is 0.509. The fraction of sp³-hybridized carbons (Fsp3) is 0.600. The number of hydrogen-bond donors (Lipinski definition) is 3. The van der Waals surface area contributed by atoms with Gasteiger partial charge in [-0.2, -0.15) is 11.8 Å². The second-order valence-corrected chi connectivity index (χ2v) is 5.19. The number of nitrogens with one attached hydrogen (secondary N) is 2. The molecule has 1 aromatic rings. The molecule has 0 bridgehead atoms. The summed E-state index contributed by atoms with van der Waals surface area (Å²) in [6, 6.07) is -0.284. The van der Waals surface area contributed by atoms with Gasteiger partial charge in [-0.25, -0.2) is 9.48 Å². The number of urea groups is 1. The van der Waals surface area contributed by atoms with Gasteiger partial charge in [0, 0.05) is 11.8 Å². The van der Waals surface area contributed by atoms with Crippen LogP contribution in [0.25, 0.3) is 0 Å². The zero-order valence-electron chi connectivity index (χ0n) is 10.8. The number of carbonyl (C=O) groups is 2. The molecule has 0 saturated heterocycles. The third-order valence-corrected chi connectivity index (χ3v) is 3.24. The molecule has 0 aliphatic heterocycles. The van der Waals surface area contributed by atoms with Gasteiger partial charge in [-0.15, -0.1) is 5.10 Å². The molecule has 9 heteroatoms. The summed E-state index contributed by atoms with van der Waals surface area (Å²) < 4.78 is 1.20. The molecular weight excluding hydrogens is 270 g/mol. The maximum Gasteiger partial charge on any atom is 0.325 e. The molecule has 0 aliphatic rings. The number of nitrogens with zero attached hydrogens (tertiary/aromatic N) is 3. The molecular formula is C10H17N5O3S. The first kappa shape index (κ1) is 15.3. The van der Waals surface area contributed by atoms with E-state index >= 15 is 0 Å². The maximum absolute atomic E-state index is 11.4. The quantitative estimate of drug-likeness (QED) is 0.647. The number of carboxylic acids is 1. The number of carboxylic acid groups (broad SMARTS) is 1. The number of thioether (sulfide) groups is 1. The molecule has 0 fully saturated rings. The molecule has 1 rings (SSSR count). The first-order valence-electron chi connectivity index (χ1n) is 5.66. The number of amides is 2. The van der Waals surface area contributed by atoms with E-state index in [1.807, 2.05) is 13.2 Å². The van der Waals surface area contributed by atoms with Crippen LogP contribution in [0, 0.1) is 0 Å². The van der Waals surface area contributed by atoms with Crippen molar-refractivity contribution in [2.24, 2.45) is 0 Å². The van der Waals surface area contributed by atoms with E-state index in [9.17, 15) is 9.59 Å². The van der Waals surface area contributed by atoms with E-state index in [2.05, 4.69) is 20.9 Å². The average molecular weight is 287 g/mol. The van der Waals surface area contributed by atoms with Crippen molar-refractivity contribution in [3.05, 3.63) is 11.9 Å². The Hall–Kier alpha value is -1.77. The van der Waals surface area contributed by atoms with Crippen LogP contribution in [0.2, 0.25) is 0 Å². The predicted molar refractivity (Wildman–Crippen MR) is 70.9 cm³/mol. The van der Waals surface area contributed by atoms with Gasteiger partial charge in [0.1, 0.15) is 12.2 Å². The van der Waals surface area contributed by atoms with E-state index in [-0.39, 0.29) is 19.1 Å². The monoisotopic (exact) mass is 287 g/mol. The van der Waals surface area contributed by atoms with Gasteiger partial charge in [0.15, 0.2) is 0 Å². The lowest BCUT2D eigenvalue weighted by Crippen LogP contribution is -2.38. The van der Waals surface area contributed by atoms with Crippen molar-refractivity contribution >= 4 is 23.8 Å². The second kappa shape index (κ2) is 7.62. The highest BCUT2D eigenvalue weighted by atomic mass is 32.2. The summed E-state index contributed by atoms with van der Waals surface area (Å²) in [4.78, 5) is 21.9. The third kappa shape index (κ3) is 6.09. The van der Waals surface area contributed by atoms with Gasteiger partial charge in [-0.05, 0) is 6.26 Å². The molecule has 0 aromatic carbocycles. The van der Waals surface area contributed by atoms with Crippen LogP contribution in [-0.4, -0.2) is 50.2 Å². The number of carbonyl (C=O) groups excluding carboxylic acids is 1. The minimum atomic E-state index is -0.992. The fourth-order valence-electron chi connectivity index (χ4n) is 1.19. The van der Waals surface area contributed by atoms with Crippen LogP contribution in [0.5, 0.6) is 0 Å². The molecule has 2 amide bonds. The van der Waals surface area contributed by atoms with Crippen LogP contribution in [0.15, 0.2) is 6.20 Å². The third-order valence-electron chi connectivity index (χ3n) is 2.27. The highest BCUT2D eigenvalue weighted by Crippen LogP contribution is 2.02. The van der Waals surface area contributed by atoms with Gasteiger partial charge < -0.3 is 15.7 Å². The Kier molecular flexibility index (Phi) is 6.13. The van der Waals surface area contributed by atoms with Gasteiger partial charge in [0.25, 0.3) is 0 Å². The molecule has 1 atom stereocenters. The topological polar surface area (TPSA) is 109 Å². The molecule has 106 valence electrons. The van der Waals surface area contributed by atoms with Crippen LogP contribution in [-0.2, 0) is 17.9 Å². The smallest absolute Gasteiger partial charge is 0.325 e. The first-order valence-corrected chi connectivity index (χ1v) is 6.95. The molecule has 1 aromatic heterocycles. The Morgan fingerprint density at radius 1 is 1.53 bits per heavy atom. The Morgan fingerprint density at radius 3 is 2.89 bits per heavy atom. The molecule has 8 nitrogen and oxygen atoms in total. The molecule has 0 aliphatic carbocycles. The van der Waals surface area contributed by atoms with E-state index < -0.39 is 5.97 Å². The summed E-state index contributed by atoms with van der Waals surface area (Å²) in [6.45, 7) is 2.56. The van der Waals surface area contributed by atoms with Crippen molar-refractivity contribution in [1.82, 2.24) is 25.6 Å². The van der Waals surface area contributed by atoms with Crippen LogP contribution in [0.4, 0.5) is 4.79 Å². The van der Waals surface area contributed by atoms with Crippen molar-refractivity contribution in [3.8, 4) is 0 Å². The molecule has 1 heterocycles. The number of aromatic nitrogens is 3. The standard InChI is InChI=1S/C10H17N5O3S/c1-7(19-2)3-11-10(18)12-4-8-5-15(14-13-8)6-9(16)17/h5,7H,3-4,6H2,1-2H3,(H,16,17)(H2,11,12,18). The number of aliphatic carboxylic acids is 1. The highest BCUT2D eigenvalue weighted by molar-refractivity contribution is 7.99. The van der Waals surface area contributed by atoms with E-state index in [1.165, 1.54) is 10.9 Å². The maximum atomic E-state index is 11.4. The largest absolute Gasteiger partial charge is 0.480 e. The Morgan fingerprint density at radius 2 is 2.26 bits per heavy atom. The summed E-state index contributed by atoms with van der Waals surface area (Å²) in [7, 11) is 0. The second-order valence-electron chi connectivity index (χ2n) is 3.91. The van der Waals surface area contributed by atoms with Crippen molar-refractivity contribution in [3.63, 3.8) is 0 Å². The SMILES string of the molecule is CSC(C)CNC(=O)NCc1cn(CC(=O)O)nn1. The van der Waals surface area contributed by atoms with E-state index in [4.69, 9.17) is 5.11 Å². The molecule has 0 spiro atoms. The van der Waals surface area contributed by atoms with E-state index in [1.54, 1.807) is 11.8 Å². The van der Waals surface area contributed by atoms with Gasteiger partial charge >= 0.3 is 12.0 Å². The zero-order valence-corrected chi connectivity index (χ0v) is 11.6. The van der Waals surface area contributed by atoms with Gasteiger partial charge in [0.05, 0.1) is 12.7 Å². The molecule has 0 saturated carbocycles. The van der Waals surface area contributed by atoms with Crippen LogP contribution >= 0.6 is 11.8 Å². The van der Waals surface area contributed by atoms with Crippen LogP contribution < -0.4 is 10.6 Å². The van der Waals surface area contributed by atoms with Gasteiger partial charge in [-0.1, -0.05) is 12.1 Å². The Bertz CT molecular complexity index is 437. The van der Waals surface area contributed by atoms with Crippen molar-refractivity contribution in [2.75, 3.05) is 12.8 Å². The Labute approximate surface area is 114 Å². The lowest BCUT2D eigenvalue weighted by molar-refractivity contribution is -0.137. The van der Waals surface area contributed by atoms with Crippen LogP contribution in [0.1, 0.15) is 12.6 Å². The van der Waals surface area contributed by atoms with E-state index in [0.29, 0.717) is 17.5 Å². The number of rotatable bonds is 7. The summed E-state index contributed by atoms with van der Waals surface area (Å²) in [5, 5.41) is 21.7. The van der Waals surface area contributed by atoms with E-state index in [0.717, 1.165) is 0 Å². The molecule has 3 N–H and O–H groups in total. The lowest BCUT2D eigenvalue weighted by atomic mass is 10.4. The first-order chi connectivity index (χ1) is 9.01. The van der Waals surface area contributed by atoms with Gasteiger partial charge in [-0.3, -0.25) is 4.79 Å². The molecule has 0 radical (unpaired) electrons. The predicted octanol–water partition coefficient (Wildman–Crippen LogP) is -0.0866. The average Bonchev–Trinajstić information content (AvgIpc) is 2.80. The normalized spacial score (nSPS) is 11.9. The van der Waals surface area contributed by atoms with Gasteiger partial charge in [0.2, 0.25) is 0 Å². The summed E-state index contributed by atoms with van der Waals surface area (Å²) in [5.74, 6) is -0.992. The summed E-state index contributed by atoms with van der Waals surface area (Å²) in [6.07, 6.45) is 3.46. The van der Waals surface area contributed by atoms with Crippen molar-refractivity contribution < 1.29 is 14.7 Å². The molecule has 1 unspecified atom stereocenters. The van der Waals surface area contributed by atoms with Crippen molar-refractivity contribution in [2.45, 2.75) is 25.3 Å². The van der Waals surface area contributed by atoms with Crippen LogP contribution in [0.3, 0.4) is 0 Å². The highest BCUT2D eigenvalue weighted by Gasteiger charge is 2.07. The zero-order chi connectivity index (χ0) is 14.3. The number of hydrogen-bond acceptors (Lipinski definition) is 5. The summed E-state index contributed by atoms with van der Waals surface area (Å²) >= 11 is 1.67. The van der Waals surface area contributed by atoms with Crippen molar-refractivity contribution in [1.29, 1.82) is 0 Å². The fourth-order valence-corrected chi connectivity index (χ4v) is 1.44.